The standard InChI is InChI=1S/C17H26FN/c1-7-19-14(15-16(3,4)17(15,5)6)13-10-12(18)9-8-11(13)2/h8-10,14-15,19H,7H2,1-6H3. The molecule has 0 amide bonds. The van der Waals surface area contributed by atoms with E-state index in [-0.39, 0.29) is 11.9 Å². The van der Waals surface area contributed by atoms with Crippen LogP contribution in [0, 0.1) is 29.5 Å². The van der Waals surface area contributed by atoms with E-state index in [1.54, 1.807) is 12.1 Å². The highest BCUT2D eigenvalue weighted by Crippen LogP contribution is 2.72. The van der Waals surface area contributed by atoms with E-state index in [1.807, 2.05) is 6.07 Å². The largest absolute Gasteiger partial charge is 0.310 e. The molecule has 19 heavy (non-hydrogen) atoms. The first-order chi connectivity index (χ1) is 8.73. The molecule has 1 nitrogen and oxygen atoms in total. The van der Waals surface area contributed by atoms with Crippen LogP contribution in [0.5, 0.6) is 0 Å². The first kappa shape index (κ1) is 14.5. The van der Waals surface area contributed by atoms with Crippen molar-refractivity contribution < 1.29 is 4.39 Å². The van der Waals surface area contributed by atoms with E-state index in [0.29, 0.717) is 16.7 Å². The highest BCUT2D eigenvalue weighted by Gasteiger charge is 2.67. The number of hydrogen-bond acceptors (Lipinski definition) is 1. The van der Waals surface area contributed by atoms with Crippen LogP contribution in [0.1, 0.15) is 51.8 Å². The molecule has 1 unspecified atom stereocenters. The first-order valence-electron chi connectivity index (χ1n) is 7.23. The SMILES string of the molecule is CCNC(c1cc(F)ccc1C)C1C(C)(C)C1(C)C. The third kappa shape index (κ3) is 2.20. The summed E-state index contributed by atoms with van der Waals surface area (Å²) in [6.45, 7) is 14.4. The maximum Gasteiger partial charge on any atom is 0.123 e. The number of hydrogen-bond donors (Lipinski definition) is 1. The van der Waals surface area contributed by atoms with Gasteiger partial charge in [0.25, 0.3) is 0 Å². The van der Waals surface area contributed by atoms with Crippen LogP contribution in [-0.4, -0.2) is 6.54 Å². The van der Waals surface area contributed by atoms with Crippen molar-refractivity contribution >= 4 is 0 Å². The third-order valence-corrected chi connectivity index (χ3v) is 5.47. The lowest BCUT2D eigenvalue weighted by molar-refractivity contribution is 0.415. The van der Waals surface area contributed by atoms with Crippen LogP contribution in [-0.2, 0) is 0 Å². The molecule has 0 aliphatic heterocycles. The molecule has 0 radical (unpaired) electrons. The molecule has 1 aromatic rings. The van der Waals surface area contributed by atoms with Crippen molar-refractivity contribution in [3.63, 3.8) is 0 Å². The lowest BCUT2D eigenvalue weighted by Crippen LogP contribution is -2.26. The van der Waals surface area contributed by atoms with Gasteiger partial charge in [0.15, 0.2) is 0 Å². The van der Waals surface area contributed by atoms with Gasteiger partial charge in [-0.25, -0.2) is 4.39 Å². The zero-order valence-electron chi connectivity index (χ0n) is 13.0. The van der Waals surface area contributed by atoms with Gasteiger partial charge in [0.05, 0.1) is 0 Å². The predicted octanol–water partition coefficient (Wildman–Crippen LogP) is 4.47. The molecule has 106 valence electrons. The van der Waals surface area contributed by atoms with Crippen molar-refractivity contribution in [3.8, 4) is 0 Å². The fourth-order valence-corrected chi connectivity index (χ4v) is 3.65. The van der Waals surface area contributed by atoms with Gasteiger partial charge in [0.1, 0.15) is 5.82 Å². The van der Waals surface area contributed by atoms with Gasteiger partial charge in [0.2, 0.25) is 0 Å². The predicted molar refractivity (Wildman–Crippen MR) is 78.6 cm³/mol. The van der Waals surface area contributed by atoms with E-state index in [2.05, 4.69) is 46.9 Å². The molecular weight excluding hydrogens is 237 g/mol. The van der Waals surface area contributed by atoms with Gasteiger partial charge in [-0.2, -0.15) is 0 Å². The highest BCUT2D eigenvalue weighted by atomic mass is 19.1. The smallest absolute Gasteiger partial charge is 0.123 e. The number of nitrogens with one attached hydrogen (secondary N) is 1. The highest BCUT2D eigenvalue weighted by molar-refractivity contribution is 5.34. The lowest BCUT2D eigenvalue weighted by atomic mass is 9.93. The Balaban J connectivity index is 2.40. The first-order valence-corrected chi connectivity index (χ1v) is 7.23. The molecule has 0 saturated heterocycles. The van der Waals surface area contributed by atoms with Crippen molar-refractivity contribution in [1.29, 1.82) is 0 Å². The normalized spacial score (nSPS) is 22.3. The Labute approximate surface area is 116 Å². The van der Waals surface area contributed by atoms with Gasteiger partial charge in [-0.3, -0.25) is 0 Å². The van der Waals surface area contributed by atoms with E-state index >= 15 is 0 Å². The Morgan fingerprint density at radius 2 is 1.79 bits per heavy atom. The second-order valence-corrected chi connectivity index (χ2v) is 6.96. The zero-order valence-corrected chi connectivity index (χ0v) is 13.0. The van der Waals surface area contributed by atoms with E-state index in [0.717, 1.165) is 12.1 Å². The van der Waals surface area contributed by atoms with Crippen molar-refractivity contribution in [2.75, 3.05) is 6.54 Å². The van der Waals surface area contributed by atoms with Gasteiger partial charge in [-0.1, -0.05) is 40.7 Å². The van der Waals surface area contributed by atoms with Crippen LogP contribution >= 0.6 is 0 Å². The lowest BCUT2D eigenvalue weighted by Gasteiger charge is -2.23. The van der Waals surface area contributed by atoms with Crippen molar-refractivity contribution in [2.24, 2.45) is 16.7 Å². The Morgan fingerprint density at radius 3 is 2.26 bits per heavy atom. The molecule has 1 aliphatic rings. The molecule has 2 rings (SSSR count). The molecule has 0 aromatic heterocycles. The van der Waals surface area contributed by atoms with Crippen LogP contribution in [0.4, 0.5) is 4.39 Å². The average Bonchev–Trinajstić information content (AvgIpc) is 2.71. The minimum atomic E-state index is -0.139. The zero-order chi connectivity index (χ0) is 14.4. The van der Waals surface area contributed by atoms with E-state index < -0.39 is 0 Å². The molecule has 1 atom stereocenters. The number of rotatable bonds is 4. The Kier molecular flexibility index (Phi) is 3.51. The second kappa shape index (κ2) is 4.59. The molecular formula is C17H26FN. The molecule has 1 fully saturated rings. The van der Waals surface area contributed by atoms with Crippen LogP contribution in [0.2, 0.25) is 0 Å². The summed E-state index contributed by atoms with van der Waals surface area (Å²) in [6.07, 6.45) is 0. The fourth-order valence-electron chi connectivity index (χ4n) is 3.65. The second-order valence-electron chi connectivity index (χ2n) is 6.96. The Hall–Kier alpha value is -0.890. The van der Waals surface area contributed by atoms with E-state index in [4.69, 9.17) is 0 Å². The van der Waals surface area contributed by atoms with Gasteiger partial charge >= 0.3 is 0 Å². The third-order valence-electron chi connectivity index (χ3n) is 5.47. The summed E-state index contributed by atoms with van der Waals surface area (Å²) in [4.78, 5) is 0. The van der Waals surface area contributed by atoms with Crippen LogP contribution in [0.25, 0.3) is 0 Å². The molecule has 0 heterocycles. The summed E-state index contributed by atoms with van der Waals surface area (Å²) in [5, 5.41) is 3.57. The van der Waals surface area contributed by atoms with Crippen molar-refractivity contribution in [3.05, 3.63) is 35.1 Å². The molecule has 2 heteroatoms. The van der Waals surface area contributed by atoms with Crippen LogP contribution < -0.4 is 5.32 Å². The fraction of sp³-hybridized carbons (Fsp3) is 0.647. The van der Waals surface area contributed by atoms with Crippen LogP contribution in [0.3, 0.4) is 0 Å². The van der Waals surface area contributed by atoms with Crippen molar-refractivity contribution in [2.45, 2.75) is 47.6 Å². The monoisotopic (exact) mass is 263 g/mol. The summed E-state index contributed by atoms with van der Waals surface area (Å²) >= 11 is 0. The quantitative estimate of drug-likeness (QED) is 0.845. The van der Waals surface area contributed by atoms with E-state index in [1.165, 1.54) is 5.56 Å². The van der Waals surface area contributed by atoms with E-state index in [9.17, 15) is 4.39 Å². The minimum Gasteiger partial charge on any atom is -0.310 e. The summed E-state index contributed by atoms with van der Waals surface area (Å²) in [5.41, 5.74) is 2.87. The molecule has 0 bridgehead atoms. The number of benzene rings is 1. The molecule has 0 spiro atoms. The van der Waals surface area contributed by atoms with Crippen LogP contribution in [0.15, 0.2) is 18.2 Å². The molecule has 1 saturated carbocycles. The molecule has 1 N–H and O–H groups in total. The Bertz CT molecular complexity index is 462. The average molecular weight is 263 g/mol. The maximum absolute atomic E-state index is 13.6. The summed E-state index contributed by atoms with van der Waals surface area (Å²) < 4.78 is 13.6. The van der Waals surface area contributed by atoms with Gasteiger partial charge in [0, 0.05) is 6.04 Å². The van der Waals surface area contributed by atoms with Gasteiger partial charge in [-0.15, -0.1) is 0 Å². The van der Waals surface area contributed by atoms with Crippen molar-refractivity contribution in [1.82, 2.24) is 5.32 Å². The molecule has 1 aromatic carbocycles. The number of halogens is 1. The van der Waals surface area contributed by atoms with Gasteiger partial charge in [-0.05, 0) is 53.5 Å². The molecule has 1 aliphatic carbocycles. The Morgan fingerprint density at radius 1 is 1.21 bits per heavy atom. The van der Waals surface area contributed by atoms with Gasteiger partial charge < -0.3 is 5.32 Å². The summed E-state index contributed by atoms with van der Waals surface area (Å²) in [7, 11) is 0. The summed E-state index contributed by atoms with van der Waals surface area (Å²) in [6, 6.07) is 5.38. The summed E-state index contributed by atoms with van der Waals surface area (Å²) in [5.74, 6) is 0.403. The minimum absolute atomic E-state index is 0.139. The number of aryl methyl sites for hydroxylation is 1. The topological polar surface area (TPSA) is 12.0 Å². The maximum atomic E-state index is 13.6.